The minimum atomic E-state index is -0.761. The maximum atomic E-state index is 12.6. The van der Waals surface area contributed by atoms with Crippen molar-refractivity contribution in [2.75, 3.05) is 13.1 Å². The second-order valence-electron chi connectivity index (χ2n) is 5.27. The lowest BCUT2D eigenvalue weighted by Gasteiger charge is -2.30. The van der Waals surface area contributed by atoms with Crippen molar-refractivity contribution >= 4 is 11.9 Å². The molecule has 6 heteroatoms. The van der Waals surface area contributed by atoms with E-state index in [9.17, 15) is 9.59 Å². The Hall–Kier alpha value is -1.85. The van der Waals surface area contributed by atoms with Gasteiger partial charge in [0, 0.05) is 25.3 Å². The quantitative estimate of drug-likeness (QED) is 0.908. The van der Waals surface area contributed by atoms with Crippen molar-refractivity contribution in [1.82, 2.24) is 14.7 Å². The predicted molar refractivity (Wildman–Crippen MR) is 73.6 cm³/mol. The third kappa shape index (κ3) is 2.55. The molecule has 1 fully saturated rings. The highest BCUT2D eigenvalue weighted by Gasteiger charge is 2.29. The van der Waals surface area contributed by atoms with E-state index in [1.807, 2.05) is 25.5 Å². The molecule has 0 saturated carbocycles. The second kappa shape index (κ2) is 5.64. The number of carboxylic acids is 1. The summed E-state index contributed by atoms with van der Waals surface area (Å²) in [7, 11) is 0. The van der Waals surface area contributed by atoms with Crippen LogP contribution in [0.3, 0.4) is 0 Å². The second-order valence-corrected chi connectivity index (χ2v) is 5.27. The fourth-order valence-electron chi connectivity index (χ4n) is 2.80. The molecule has 0 atom stereocenters. The largest absolute Gasteiger partial charge is 0.481 e. The zero-order valence-corrected chi connectivity index (χ0v) is 12.2. The number of likely N-dealkylation sites (tertiary alicyclic amines) is 1. The number of aromatic nitrogens is 2. The maximum absolute atomic E-state index is 12.6. The Labute approximate surface area is 118 Å². The van der Waals surface area contributed by atoms with Gasteiger partial charge in [-0.25, -0.2) is 0 Å². The molecule has 1 aromatic heterocycles. The van der Waals surface area contributed by atoms with E-state index >= 15 is 0 Å². The average molecular weight is 279 g/mol. The third-order valence-corrected chi connectivity index (χ3v) is 4.03. The lowest BCUT2D eigenvalue weighted by atomic mass is 9.96. The van der Waals surface area contributed by atoms with Crippen molar-refractivity contribution < 1.29 is 14.7 Å². The molecule has 1 aromatic rings. The summed E-state index contributed by atoms with van der Waals surface area (Å²) in [6.07, 6.45) is 1.06. The number of nitrogens with zero attached hydrogens (tertiary/aromatic N) is 3. The monoisotopic (exact) mass is 279 g/mol. The molecule has 0 radical (unpaired) electrons. The Morgan fingerprint density at radius 2 is 1.90 bits per heavy atom. The van der Waals surface area contributed by atoms with E-state index < -0.39 is 5.97 Å². The van der Waals surface area contributed by atoms with Crippen LogP contribution >= 0.6 is 0 Å². The summed E-state index contributed by atoms with van der Waals surface area (Å²) in [5.74, 6) is -1.11. The Morgan fingerprint density at radius 1 is 1.30 bits per heavy atom. The number of aliphatic carboxylic acids is 1. The minimum Gasteiger partial charge on any atom is -0.481 e. The smallest absolute Gasteiger partial charge is 0.306 e. The first-order valence-electron chi connectivity index (χ1n) is 7.01. The molecule has 0 spiro atoms. The van der Waals surface area contributed by atoms with Crippen molar-refractivity contribution in [3.63, 3.8) is 0 Å². The summed E-state index contributed by atoms with van der Waals surface area (Å²) in [6, 6.07) is 0. The van der Waals surface area contributed by atoms with Crippen LogP contribution in [0, 0.1) is 19.8 Å². The number of carboxylic acid groups (broad SMARTS) is 1. The van der Waals surface area contributed by atoms with Gasteiger partial charge in [0.25, 0.3) is 5.91 Å². The maximum Gasteiger partial charge on any atom is 0.306 e. The van der Waals surface area contributed by atoms with E-state index in [0.717, 1.165) is 17.9 Å². The van der Waals surface area contributed by atoms with E-state index in [0.29, 0.717) is 31.5 Å². The van der Waals surface area contributed by atoms with Crippen LogP contribution < -0.4 is 0 Å². The molecule has 0 aliphatic carbocycles. The van der Waals surface area contributed by atoms with Crippen LogP contribution in [0.4, 0.5) is 0 Å². The highest BCUT2D eigenvalue weighted by molar-refractivity contribution is 5.96. The van der Waals surface area contributed by atoms with Crippen molar-refractivity contribution in [3.8, 4) is 0 Å². The van der Waals surface area contributed by atoms with Crippen molar-refractivity contribution in [1.29, 1.82) is 0 Å². The molecule has 1 amide bonds. The van der Waals surface area contributed by atoms with Gasteiger partial charge in [-0.15, -0.1) is 0 Å². The van der Waals surface area contributed by atoms with Crippen LogP contribution in [0.1, 0.15) is 41.5 Å². The van der Waals surface area contributed by atoms with Gasteiger partial charge in [0.2, 0.25) is 0 Å². The molecule has 1 N–H and O–H groups in total. The summed E-state index contributed by atoms with van der Waals surface area (Å²) in [6.45, 7) is 7.49. The molecule has 20 heavy (non-hydrogen) atoms. The van der Waals surface area contributed by atoms with Gasteiger partial charge in [-0.2, -0.15) is 5.10 Å². The van der Waals surface area contributed by atoms with E-state index in [4.69, 9.17) is 5.11 Å². The van der Waals surface area contributed by atoms with Gasteiger partial charge in [-0.05, 0) is 33.6 Å². The zero-order valence-electron chi connectivity index (χ0n) is 12.2. The number of carbonyl (C=O) groups is 2. The summed E-state index contributed by atoms with van der Waals surface area (Å²) >= 11 is 0. The molecular weight excluding hydrogens is 258 g/mol. The SMILES string of the molecule is CCn1nc(C)c(C(=O)N2CCC(C(=O)O)CC2)c1C. The Bertz CT molecular complexity index is 528. The first-order valence-corrected chi connectivity index (χ1v) is 7.01. The Morgan fingerprint density at radius 3 is 2.35 bits per heavy atom. The van der Waals surface area contributed by atoms with Crippen LogP contribution in [0.25, 0.3) is 0 Å². The topological polar surface area (TPSA) is 75.4 Å². The number of hydrogen-bond acceptors (Lipinski definition) is 3. The van der Waals surface area contributed by atoms with E-state index in [2.05, 4.69) is 5.10 Å². The molecule has 110 valence electrons. The molecule has 1 saturated heterocycles. The van der Waals surface area contributed by atoms with Gasteiger partial charge in [0.05, 0.1) is 17.2 Å². The fraction of sp³-hybridized carbons (Fsp3) is 0.643. The van der Waals surface area contributed by atoms with Gasteiger partial charge in [-0.1, -0.05) is 0 Å². The third-order valence-electron chi connectivity index (χ3n) is 4.03. The lowest BCUT2D eigenvalue weighted by molar-refractivity contribution is -0.143. The number of rotatable bonds is 3. The number of aryl methyl sites for hydroxylation is 2. The van der Waals surface area contributed by atoms with Gasteiger partial charge < -0.3 is 10.0 Å². The standard InChI is InChI=1S/C14H21N3O3/c1-4-17-10(3)12(9(2)15-17)13(18)16-7-5-11(6-8-16)14(19)20/h11H,4-8H2,1-3H3,(H,19,20). The molecule has 1 aliphatic rings. The highest BCUT2D eigenvalue weighted by Crippen LogP contribution is 2.22. The van der Waals surface area contributed by atoms with Gasteiger partial charge in [-0.3, -0.25) is 14.3 Å². The Kier molecular flexibility index (Phi) is 4.11. The molecule has 6 nitrogen and oxygen atoms in total. The normalized spacial score (nSPS) is 16.4. The van der Waals surface area contributed by atoms with Crippen LogP contribution in [-0.4, -0.2) is 44.8 Å². The van der Waals surface area contributed by atoms with Crippen molar-refractivity contribution in [3.05, 3.63) is 17.0 Å². The van der Waals surface area contributed by atoms with Gasteiger partial charge >= 0.3 is 5.97 Å². The van der Waals surface area contributed by atoms with Crippen molar-refractivity contribution in [2.45, 2.75) is 40.2 Å². The Balaban J connectivity index is 2.13. The summed E-state index contributed by atoms with van der Waals surface area (Å²) in [5.41, 5.74) is 2.30. The molecule has 0 bridgehead atoms. The molecule has 2 heterocycles. The van der Waals surface area contributed by atoms with Crippen LogP contribution in [-0.2, 0) is 11.3 Å². The van der Waals surface area contributed by atoms with Crippen LogP contribution in [0.15, 0.2) is 0 Å². The number of amides is 1. The fourth-order valence-corrected chi connectivity index (χ4v) is 2.80. The lowest BCUT2D eigenvalue weighted by Crippen LogP contribution is -2.40. The number of hydrogen-bond donors (Lipinski definition) is 1. The van der Waals surface area contributed by atoms with E-state index in [1.54, 1.807) is 4.90 Å². The van der Waals surface area contributed by atoms with Gasteiger partial charge in [0.15, 0.2) is 0 Å². The van der Waals surface area contributed by atoms with Crippen LogP contribution in [0.5, 0.6) is 0 Å². The van der Waals surface area contributed by atoms with E-state index in [-0.39, 0.29) is 11.8 Å². The number of carbonyl (C=O) groups excluding carboxylic acids is 1. The summed E-state index contributed by atoms with van der Waals surface area (Å²) in [5, 5.41) is 13.3. The van der Waals surface area contributed by atoms with Crippen LogP contribution in [0.2, 0.25) is 0 Å². The molecular formula is C14H21N3O3. The first kappa shape index (κ1) is 14.6. The van der Waals surface area contributed by atoms with E-state index in [1.165, 1.54) is 0 Å². The number of piperidine rings is 1. The molecule has 0 aromatic carbocycles. The summed E-state index contributed by atoms with van der Waals surface area (Å²) < 4.78 is 1.83. The molecule has 2 rings (SSSR count). The average Bonchev–Trinajstić information content (AvgIpc) is 2.72. The zero-order chi connectivity index (χ0) is 14.9. The van der Waals surface area contributed by atoms with Gasteiger partial charge in [0.1, 0.15) is 0 Å². The predicted octanol–water partition coefficient (Wildman–Crippen LogP) is 1.46. The highest BCUT2D eigenvalue weighted by atomic mass is 16.4. The summed E-state index contributed by atoms with van der Waals surface area (Å²) in [4.78, 5) is 25.3. The first-order chi connectivity index (χ1) is 9.45. The molecule has 1 aliphatic heterocycles. The van der Waals surface area contributed by atoms with Crippen molar-refractivity contribution in [2.24, 2.45) is 5.92 Å². The molecule has 0 unspecified atom stereocenters. The minimum absolute atomic E-state index is 0.0245.